The smallest absolute Gasteiger partial charge is 0.261 e. The second kappa shape index (κ2) is 20.5. The van der Waals surface area contributed by atoms with Crippen molar-refractivity contribution in [3.63, 3.8) is 0 Å². The lowest BCUT2D eigenvalue weighted by Gasteiger charge is -2.43. The standard InChI is InChI=1S/C36H50Br2O6Si/c1-5-6-7-14-19-42-34-28-33(38)35(29-32(34)37)43-26-24-40-22-20-39-21-23-41-25-27-44-45(36(2,3)4,30-15-10-8-11-16-30)31-17-12-9-13-18-31/h8-13,15-18,28-29H,5-7,14,19-27H2,1-4H3. The summed E-state index contributed by atoms with van der Waals surface area (Å²) in [6.45, 7) is 13.7. The van der Waals surface area contributed by atoms with Crippen molar-refractivity contribution in [3.05, 3.63) is 81.7 Å². The third-order valence-corrected chi connectivity index (χ3v) is 13.7. The van der Waals surface area contributed by atoms with E-state index in [4.69, 9.17) is 28.1 Å². The van der Waals surface area contributed by atoms with Gasteiger partial charge >= 0.3 is 0 Å². The van der Waals surface area contributed by atoms with Gasteiger partial charge in [0.15, 0.2) is 0 Å². The first kappa shape index (κ1) is 37.7. The zero-order valence-electron chi connectivity index (χ0n) is 27.3. The normalized spacial score (nSPS) is 12.0. The minimum absolute atomic E-state index is 0.0516. The molecule has 0 aliphatic heterocycles. The maximum Gasteiger partial charge on any atom is 0.261 e. The summed E-state index contributed by atoms with van der Waals surface area (Å²) >= 11 is 7.17. The monoisotopic (exact) mass is 764 g/mol. The van der Waals surface area contributed by atoms with Crippen LogP contribution in [0.25, 0.3) is 0 Å². The molecule has 0 saturated carbocycles. The lowest BCUT2D eigenvalue weighted by molar-refractivity contribution is 0.00447. The predicted octanol–water partition coefficient (Wildman–Crippen LogP) is 8.18. The third kappa shape index (κ3) is 12.1. The van der Waals surface area contributed by atoms with E-state index >= 15 is 0 Å². The Morgan fingerprint density at radius 2 is 1.00 bits per heavy atom. The van der Waals surface area contributed by atoms with Gasteiger partial charge in [-0.05, 0) is 65.8 Å². The van der Waals surface area contributed by atoms with E-state index in [0.717, 1.165) is 26.9 Å². The molecule has 0 radical (unpaired) electrons. The minimum atomic E-state index is -2.53. The highest BCUT2D eigenvalue weighted by Gasteiger charge is 2.50. The molecule has 0 amide bonds. The Balaban J connectivity index is 1.29. The van der Waals surface area contributed by atoms with Crippen molar-refractivity contribution in [3.8, 4) is 11.5 Å². The molecular formula is C36H50Br2O6Si. The number of ether oxygens (including phenoxy) is 5. The summed E-state index contributed by atoms with van der Waals surface area (Å²) in [5.41, 5.74) is 0. The van der Waals surface area contributed by atoms with Crippen molar-refractivity contribution in [1.82, 2.24) is 0 Å². The van der Waals surface area contributed by atoms with Crippen LogP contribution in [0.5, 0.6) is 11.5 Å². The SMILES string of the molecule is CCCCCCOc1cc(Br)c(OCCOCCOCCOCCO[Si](c2ccccc2)(c2ccccc2)C(C)(C)C)cc1Br. The molecular weight excluding hydrogens is 716 g/mol. The lowest BCUT2D eigenvalue weighted by atomic mass is 10.2. The molecule has 9 heteroatoms. The first-order valence-corrected chi connectivity index (χ1v) is 19.5. The Labute approximate surface area is 288 Å². The molecule has 0 aromatic heterocycles. The second-order valence-corrected chi connectivity index (χ2v) is 17.8. The molecule has 0 bridgehead atoms. The van der Waals surface area contributed by atoms with Crippen molar-refractivity contribution in [2.24, 2.45) is 0 Å². The van der Waals surface area contributed by atoms with Gasteiger partial charge < -0.3 is 28.1 Å². The van der Waals surface area contributed by atoms with Crippen LogP contribution in [-0.2, 0) is 18.6 Å². The Bertz CT molecular complexity index is 1180. The van der Waals surface area contributed by atoms with E-state index < -0.39 is 8.32 Å². The summed E-state index contributed by atoms with van der Waals surface area (Å²) in [5, 5.41) is 2.49. The molecule has 0 N–H and O–H groups in total. The van der Waals surface area contributed by atoms with E-state index in [2.05, 4.69) is 120 Å². The van der Waals surface area contributed by atoms with Crippen molar-refractivity contribution < 1.29 is 28.1 Å². The summed E-state index contributed by atoms with van der Waals surface area (Å²) in [4.78, 5) is 0. The van der Waals surface area contributed by atoms with Gasteiger partial charge in [0, 0.05) is 0 Å². The minimum Gasteiger partial charge on any atom is -0.492 e. The van der Waals surface area contributed by atoms with Gasteiger partial charge in [-0.3, -0.25) is 0 Å². The van der Waals surface area contributed by atoms with Gasteiger partial charge in [-0.1, -0.05) is 108 Å². The molecule has 0 heterocycles. The molecule has 0 unspecified atom stereocenters. The first-order valence-electron chi connectivity index (χ1n) is 16.0. The molecule has 6 nitrogen and oxygen atoms in total. The molecule has 3 aromatic rings. The highest BCUT2D eigenvalue weighted by atomic mass is 79.9. The van der Waals surface area contributed by atoms with Crippen LogP contribution in [0.4, 0.5) is 0 Å². The summed E-state index contributed by atoms with van der Waals surface area (Å²) in [5.74, 6) is 1.56. The highest BCUT2D eigenvalue weighted by molar-refractivity contribution is 9.11. The van der Waals surface area contributed by atoms with Gasteiger partial charge in [0.05, 0.1) is 61.8 Å². The van der Waals surface area contributed by atoms with Gasteiger partial charge in [0.25, 0.3) is 8.32 Å². The Kier molecular flexibility index (Phi) is 17.2. The molecule has 0 aliphatic carbocycles. The molecule has 0 saturated heterocycles. The van der Waals surface area contributed by atoms with Crippen LogP contribution in [0, 0.1) is 0 Å². The van der Waals surface area contributed by atoms with Gasteiger partial charge in [-0.25, -0.2) is 0 Å². The maximum absolute atomic E-state index is 6.86. The zero-order chi connectivity index (χ0) is 32.4. The highest BCUT2D eigenvalue weighted by Crippen LogP contribution is 2.37. The zero-order valence-corrected chi connectivity index (χ0v) is 31.5. The first-order chi connectivity index (χ1) is 21.8. The number of halogens is 2. The predicted molar refractivity (Wildman–Crippen MR) is 193 cm³/mol. The van der Waals surface area contributed by atoms with Crippen LogP contribution in [0.15, 0.2) is 81.7 Å². The topological polar surface area (TPSA) is 55.4 Å². The van der Waals surface area contributed by atoms with Crippen molar-refractivity contribution in [2.45, 2.75) is 58.4 Å². The Hall–Kier alpha value is -1.72. The van der Waals surface area contributed by atoms with Gasteiger partial charge in [0.2, 0.25) is 0 Å². The van der Waals surface area contributed by atoms with Crippen molar-refractivity contribution >= 4 is 50.6 Å². The summed E-state index contributed by atoms with van der Waals surface area (Å²) in [6, 6.07) is 25.2. The Morgan fingerprint density at radius 3 is 1.47 bits per heavy atom. The Morgan fingerprint density at radius 1 is 0.556 bits per heavy atom. The third-order valence-electron chi connectivity index (χ3n) is 7.43. The van der Waals surface area contributed by atoms with Crippen molar-refractivity contribution in [2.75, 3.05) is 59.5 Å². The number of hydrogen-bond acceptors (Lipinski definition) is 6. The lowest BCUT2D eigenvalue weighted by Crippen LogP contribution is -2.66. The maximum atomic E-state index is 6.86. The van der Waals surface area contributed by atoms with Crippen molar-refractivity contribution in [1.29, 1.82) is 0 Å². The van der Waals surface area contributed by atoms with E-state index in [-0.39, 0.29) is 5.04 Å². The van der Waals surface area contributed by atoms with Crippen LogP contribution < -0.4 is 19.8 Å². The molecule has 0 aliphatic rings. The molecule has 0 spiro atoms. The van der Waals surface area contributed by atoms with Crippen LogP contribution in [-0.4, -0.2) is 67.8 Å². The van der Waals surface area contributed by atoms with Gasteiger partial charge in [-0.15, -0.1) is 0 Å². The number of rotatable bonds is 22. The average Bonchev–Trinajstić information content (AvgIpc) is 3.03. The number of benzene rings is 3. The van der Waals surface area contributed by atoms with Crippen LogP contribution in [0.3, 0.4) is 0 Å². The van der Waals surface area contributed by atoms with E-state index in [9.17, 15) is 0 Å². The summed E-state index contributed by atoms with van der Waals surface area (Å²) < 4.78 is 37.6. The quantitative estimate of drug-likeness (QED) is 0.0761. The van der Waals surface area contributed by atoms with Crippen LogP contribution >= 0.6 is 31.9 Å². The second-order valence-electron chi connectivity index (χ2n) is 11.8. The molecule has 0 fully saturated rings. The molecule has 3 aromatic carbocycles. The van der Waals surface area contributed by atoms with E-state index in [1.807, 2.05) is 12.1 Å². The fourth-order valence-electron chi connectivity index (χ4n) is 5.21. The van der Waals surface area contributed by atoms with Gasteiger partial charge in [0.1, 0.15) is 18.1 Å². The van der Waals surface area contributed by atoms with E-state index in [1.165, 1.54) is 29.6 Å². The van der Waals surface area contributed by atoms with Crippen LogP contribution in [0.1, 0.15) is 53.4 Å². The van der Waals surface area contributed by atoms with E-state index in [1.54, 1.807) is 0 Å². The fourth-order valence-corrected chi connectivity index (χ4v) is 10.6. The largest absolute Gasteiger partial charge is 0.492 e. The molecule has 248 valence electrons. The van der Waals surface area contributed by atoms with Gasteiger partial charge in [-0.2, -0.15) is 0 Å². The molecule has 45 heavy (non-hydrogen) atoms. The summed E-state index contributed by atoms with van der Waals surface area (Å²) in [7, 11) is -2.53. The molecule has 3 rings (SSSR count). The number of unbranched alkanes of at least 4 members (excludes halogenated alkanes) is 3. The van der Waals surface area contributed by atoms with Crippen LogP contribution in [0.2, 0.25) is 5.04 Å². The number of hydrogen-bond donors (Lipinski definition) is 0. The fraction of sp³-hybridized carbons (Fsp3) is 0.500. The average molecular weight is 767 g/mol. The molecule has 0 atom stereocenters. The van der Waals surface area contributed by atoms with E-state index in [0.29, 0.717) is 59.5 Å². The summed E-state index contributed by atoms with van der Waals surface area (Å²) in [6.07, 6.45) is 4.71.